The number of methoxy groups -OCH3 is 1. The fraction of sp³-hybridized carbons (Fsp3) is 0.333. The van der Waals surface area contributed by atoms with Crippen LogP contribution in [-0.4, -0.2) is 7.11 Å². The maximum Gasteiger partial charge on any atom is 0.165 e. The normalized spacial score (nSPS) is 12.6. The highest BCUT2D eigenvalue weighted by Crippen LogP contribution is 2.23. The predicted octanol–water partition coefficient (Wildman–Crippen LogP) is 1.79. The Kier molecular flexibility index (Phi) is 3.22. The largest absolute Gasteiger partial charge is 0.494 e. The van der Waals surface area contributed by atoms with E-state index >= 15 is 0 Å². The van der Waals surface area contributed by atoms with Crippen LogP contribution in [0.1, 0.15) is 18.6 Å². The smallest absolute Gasteiger partial charge is 0.165 e. The van der Waals surface area contributed by atoms with Crippen molar-refractivity contribution in [2.45, 2.75) is 13.0 Å². The summed E-state index contributed by atoms with van der Waals surface area (Å²) in [6.07, 6.45) is -0.269. The second kappa shape index (κ2) is 4.20. The number of hydrogen-bond donors (Lipinski definition) is 1. The Balaban J connectivity index is 2.99. The van der Waals surface area contributed by atoms with Crippen LogP contribution in [0.4, 0.5) is 4.39 Å². The van der Waals surface area contributed by atoms with Crippen molar-refractivity contribution in [1.82, 2.24) is 0 Å². The molecule has 1 unspecified atom stereocenters. The molecule has 13 heavy (non-hydrogen) atoms. The lowest BCUT2D eigenvalue weighted by atomic mass is 10.1. The lowest BCUT2D eigenvalue weighted by molar-refractivity contribution is 0.0662. The molecule has 0 radical (unpaired) electrons. The van der Waals surface area contributed by atoms with E-state index in [-0.39, 0.29) is 11.9 Å². The molecule has 0 saturated carbocycles. The van der Waals surface area contributed by atoms with Crippen molar-refractivity contribution in [3.05, 3.63) is 29.6 Å². The van der Waals surface area contributed by atoms with Gasteiger partial charge in [-0.25, -0.2) is 10.3 Å². The van der Waals surface area contributed by atoms with Crippen molar-refractivity contribution in [2.24, 2.45) is 5.90 Å². The fourth-order valence-electron chi connectivity index (χ4n) is 1.01. The Morgan fingerprint density at radius 2 is 2.15 bits per heavy atom. The Morgan fingerprint density at radius 1 is 1.46 bits per heavy atom. The molecule has 0 amide bonds. The molecule has 0 saturated heterocycles. The Hall–Kier alpha value is -1.13. The number of nitrogens with two attached hydrogens (primary N) is 1. The fourth-order valence-corrected chi connectivity index (χ4v) is 1.01. The zero-order chi connectivity index (χ0) is 9.84. The van der Waals surface area contributed by atoms with Gasteiger partial charge in [-0.1, -0.05) is 6.07 Å². The lowest BCUT2D eigenvalue weighted by Crippen LogP contribution is -2.05. The summed E-state index contributed by atoms with van der Waals surface area (Å²) in [6, 6.07) is 4.49. The lowest BCUT2D eigenvalue weighted by Gasteiger charge is -2.10. The van der Waals surface area contributed by atoms with E-state index in [9.17, 15) is 4.39 Å². The minimum atomic E-state index is -0.393. The van der Waals surface area contributed by atoms with Gasteiger partial charge in [0.25, 0.3) is 0 Å². The van der Waals surface area contributed by atoms with Crippen LogP contribution in [-0.2, 0) is 4.84 Å². The Morgan fingerprint density at radius 3 is 2.69 bits per heavy atom. The molecule has 1 aromatic carbocycles. The van der Waals surface area contributed by atoms with Crippen LogP contribution in [0.25, 0.3) is 0 Å². The monoisotopic (exact) mass is 185 g/mol. The van der Waals surface area contributed by atoms with Crippen LogP contribution in [0.2, 0.25) is 0 Å². The van der Waals surface area contributed by atoms with Gasteiger partial charge in [0.2, 0.25) is 0 Å². The van der Waals surface area contributed by atoms with Crippen molar-refractivity contribution < 1.29 is 14.0 Å². The summed E-state index contributed by atoms with van der Waals surface area (Å²) in [7, 11) is 1.41. The average molecular weight is 185 g/mol. The van der Waals surface area contributed by atoms with Gasteiger partial charge in [-0.15, -0.1) is 0 Å². The van der Waals surface area contributed by atoms with Crippen LogP contribution in [0.3, 0.4) is 0 Å². The van der Waals surface area contributed by atoms with Crippen molar-refractivity contribution in [2.75, 3.05) is 7.11 Å². The van der Waals surface area contributed by atoms with E-state index in [2.05, 4.69) is 4.84 Å². The average Bonchev–Trinajstić information content (AvgIpc) is 2.17. The molecule has 0 spiro atoms. The number of halogens is 1. The van der Waals surface area contributed by atoms with E-state index in [1.807, 2.05) is 0 Å². The van der Waals surface area contributed by atoms with Crippen LogP contribution >= 0.6 is 0 Å². The van der Waals surface area contributed by atoms with Gasteiger partial charge >= 0.3 is 0 Å². The van der Waals surface area contributed by atoms with E-state index in [4.69, 9.17) is 10.6 Å². The quantitative estimate of drug-likeness (QED) is 0.730. The summed E-state index contributed by atoms with van der Waals surface area (Å²) in [5.74, 6) is 4.80. The molecule has 0 aliphatic heterocycles. The highest BCUT2D eigenvalue weighted by atomic mass is 19.1. The van der Waals surface area contributed by atoms with Gasteiger partial charge in [0.15, 0.2) is 11.6 Å². The zero-order valence-electron chi connectivity index (χ0n) is 7.58. The van der Waals surface area contributed by atoms with Gasteiger partial charge in [0.1, 0.15) is 6.10 Å². The topological polar surface area (TPSA) is 44.5 Å². The van der Waals surface area contributed by atoms with Gasteiger partial charge in [-0.2, -0.15) is 0 Å². The molecule has 0 fully saturated rings. The standard InChI is InChI=1S/C9H12FNO2/c1-6(13-11)7-3-4-8(10)9(5-7)12-2/h3-6H,11H2,1-2H3. The number of benzene rings is 1. The summed E-state index contributed by atoms with van der Waals surface area (Å²) in [5.41, 5.74) is 0.778. The summed E-state index contributed by atoms with van der Waals surface area (Å²) in [4.78, 5) is 4.60. The maximum atomic E-state index is 12.9. The van der Waals surface area contributed by atoms with Crippen molar-refractivity contribution in [3.63, 3.8) is 0 Å². The first-order chi connectivity index (χ1) is 6.19. The van der Waals surface area contributed by atoms with Gasteiger partial charge in [0.05, 0.1) is 7.11 Å². The highest BCUT2D eigenvalue weighted by Gasteiger charge is 2.08. The summed E-state index contributed by atoms with van der Waals surface area (Å²) < 4.78 is 17.7. The van der Waals surface area contributed by atoms with Gasteiger partial charge < -0.3 is 4.74 Å². The number of rotatable bonds is 3. The van der Waals surface area contributed by atoms with Crippen LogP contribution in [0.15, 0.2) is 18.2 Å². The predicted molar refractivity (Wildman–Crippen MR) is 46.6 cm³/mol. The molecule has 1 rings (SSSR count). The third-order valence-corrected chi connectivity index (χ3v) is 1.85. The van der Waals surface area contributed by atoms with E-state index in [0.717, 1.165) is 5.56 Å². The van der Waals surface area contributed by atoms with E-state index in [1.165, 1.54) is 13.2 Å². The molecule has 72 valence electrons. The van der Waals surface area contributed by atoms with E-state index in [1.54, 1.807) is 19.1 Å². The third-order valence-electron chi connectivity index (χ3n) is 1.85. The molecule has 0 aliphatic rings. The first kappa shape index (κ1) is 9.95. The molecular weight excluding hydrogens is 173 g/mol. The van der Waals surface area contributed by atoms with Crippen LogP contribution in [0.5, 0.6) is 5.75 Å². The summed E-state index contributed by atoms with van der Waals surface area (Å²) in [6.45, 7) is 1.77. The first-order valence-electron chi connectivity index (χ1n) is 3.88. The SMILES string of the molecule is COc1cc(C(C)ON)ccc1F. The first-order valence-corrected chi connectivity index (χ1v) is 3.88. The molecule has 0 bridgehead atoms. The zero-order valence-corrected chi connectivity index (χ0v) is 7.58. The molecule has 4 heteroatoms. The minimum Gasteiger partial charge on any atom is -0.494 e. The maximum absolute atomic E-state index is 12.9. The molecule has 1 atom stereocenters. The number of ether oxygens (including phenoxy) is 1. The second-order valence-corrected chi connectivity index (χ2v) is 2.67. The second-order valence-electron chi connectivity index (χ2n) is 2.67. The van der Waals surface area contributed by atoms with Crippen molar-refractivity contribution in [1.29, 1.82) is 0 Å². The van der Waals surface area contributed by atoms with Gasteiger partial charge in [0, 0.05) is 0 Å². The molecule has 3 nitrogen and oxygen atoms in total. The molecule has 0 aromatic heterocycles. The van der Waals surface area contributed by atoms with Gasteiger partial charge in [-0.05, 0) is 24.6 Å². The van der Waals surface area contributed by atoms with E-state index in [0.29, 0.717) is 0 Å². The Bertz CT molecular complexity index is 291. The Labute approximate surface area is 76.2 Å². The van der Waals surface area contributed by atoms with E-state index < -0.39 is 5.82 Å². The molecule has 0 aliphatic carbocycles. The summed E-state index contributed by atoms with van der Waals surface area (Å²) >= 11 is 0. The highest BCUT2D eigenvalue weighted by molar-refractivity contribution is 5.31. The third kappa shape index (κ3) is 2.17. The molecular formula is C9H12FNO2. The minimum absolute atomic E-state index is 0.196. The number of hydrogen-bond acceptors (Lipinski definition) is 3. The van der Waals surface area contributed by atoms with Gasteiger partial charge in [-0.3, -0.25) is 4.84 Å². The molecule has 2 N–H and O–H groups in total. The van der Waals surface area contributed by atoms with Crippen molar-refractivity contribution >= 4 is 0 Å². The summed E-state index contributed by atoms with van der Waals surface area (Å²) in [5, 5.41) is 0. The van der Waals surface area contributed by atoms with Crippen LogP contribution in [0, 0.1) is 5.82 Å². The van der Waals surface area contributed by atoms with Crippen molar-refractivity contribution in [3.8, 4) is 5.75 Å². The van der Waals surface area contributed by atoms with Crippen LogP contribution < -0.4 is 10.6 Å². The molecule has 1 aromatic rings. The molecule has 0 heterocycles.